The van der Waals surface area contributed by atoms with Crippen molar-refractivity contribution in [2.75, 3.05) is 0 Å². The maximum absolute atomic E-state index is 13.9. The number of aromatic nitrogens is 3. The molecule has 240 valence electrons. The Bertz CT molecular complexity index is 1400. The summed E-state index contributed by atoms with van der Waals surface area (Å²) in [6.07, 6.45) is 8.82. The Balaban J connectivity index is 1.58. The van der Waals surface area contributed by atoms with E-state index in [1.165, 1.54) is 37.1 Å². The van der Waals surface area contributed by atoms with Gasteiger partial charge in [0.05, 0.1) is 24.3 Å². The average molecular weight is 619 g/mol. The Kier molecular flexibility index (Phi) is 11.4. The summed E-state index contributed by atoms with van der Waals surface area (Å²) in [6, 6.07) is 8.19. The number of Topliss-reactive ketones (excluding diaryl/α,β-unsaturated/α-hetero) is 1. The van der Waals surface area contributed by atoms with Crippen LogP contribution in [0.1, 0.15) is 93.0 Å². The summed E-state index contributed by atoms with van der Waals surface area (Å²) in [4.78, 5) is 64.5. The second kappa shape index (κ2) is 15.4. The normalized spacial score (nSPS) is 16.4. The fourth-order valence-corrected chi connectivity index (χ4v) is 5.49. The van der Waals surface area contributed by atoms with Crippen LogP contribution in [-0.2, 0) is 14.3 Å². The fourth-order valence-electron chi connectivity index (χ4n) is 5.49. The minimum atomic E-state index is -1.53. The highest BCUT2D eigenvalue weighted by Gasteiger charge is 2.36. The number of imidazole rings is 1. The number of nitrogens with zero attached hydrogens (tertiary/aromatic N) is 2. The Morgan fingerprint density at radius 2 is 1.58 bits per heavy atom. The molecule has 1 fully saturated rings. The van der Waals surface area contributed by atoms with Crippen LogP contribution < -0.4 is 16.0 Å². The van der Waals surface area contributed by atoms with E-state index in [9.17, 15) is 24.3 Å². The van der Waals surface area contributed by atoms with Crippen molar-refractivity contribution in [1.29, 1.82) is 0 Å². The second-order valence-corrected chi connectivity index (χ2v) is 12.3. The summed E-state index contributed by atoms with van der Waals surface area (Å²) in [7, 11) is 0. The highest BCUT2D eigenvalue weighted by atomic mass is 16.6. The van der Waals surface area contributed by atoms with Crippen LogP contribution >= 0.6 is 0 Å². The molecular weight excluding hydrogens is 576 g/mol. The molecule has 12 heteroatoms. The molecule has 4 rings (SSSR count). The second-order valence-electron chi connectivity index (χ2n) is 12.3. The zero-order chi connectivity index (χ0) is 32.4. The molecule has 2 aromatic heterocycles. The molecule has 2 heterocycles. The first-order chi connectivity index (χ1) is 21.5. The van der Waals surface area contributed by atoms with Crippen molar-refractivity contribution in [1.82, 2.24) is 30.9 Å². The van der Waals surface area contributed by atoms with E-state index in [-0.39, 0.29) is 17.2 Å². The quantitative estimate of drug-likeness (QED) is 0.190. The van der Waals surface area contributed by atoms with Gasteiger partial charge in [-0.25, -0.2) is 9.78 Å². The van der Waals surface area contributed by atoms with Gasteiger partial charge in [0.25, 0.3) is 0 Å². The molecular formula is C33H42N6O6. The lowest BCUT2D eigenvalue weighted by Crippen LogP contribution is -2.52. The van der Waals surface area contributed by atoms with Gasteiger partial charge in [0.15, 0.2) is 5.78 Å². The summed E-state index contributed by atoms with van der Waals surface area (Å²) in [6.45, 7) is 5.13. The SMILES string of the molecule is CC(C)(C)OC(=O)NC(C(=O)NC(C(=O)NC(CC1CCCCC1)C(O)C(=O)c1ccncc1)c1cnc[nH]1)c1ccccc1. The monoisotopic (exact) mass is 618 g/mol. The number of pyridine rings is 1. The molecule has 0 spiro atoms. The number of rotatable bonds is 12. The smallest absolute Gasteiger partial charge is 0.408 e. The number of aliphatic hydroxyl groups is 1. The number of alkyl carbamates (subject to hydrolysis) is 1. The number of carbonyl (C=O) groups excluding carboxylic acids is 4. The van der Waals surface area contributed by atoms with Crippen LogP contribution in [0.5, 0.6) is 0 Å². The Labute approximate surface area is 262 Å². The van der Waals surface area contributed by atoms with Crippen molar-refractivity contribution >= 4 is 23.7 Å². The topological polar surface area (TPSA) is 175 Å². The molecule has 0 saturated heterocycles. The molecule has 1 aliphatic carbocycles. The third-order valence-corrected chi connectivity index (χ3v) is 7.69. The van der Waals surface area contributed by atoms with Gasteiger partial charge in [0.2, 0.25) is 11.8 Å². The van der Waals surface area contributed by atoms with Gasteiger partial charge in [0, 0.05) is 18.0 Å². The van der Waals surface area contributed by atoms with Crippen LogP contribution in [0.25, 0.3) is 0 Å². The van der Waals surface area contributed by atoms with Gasteiger partial charge in [-0.2, -0.15) is 0 Å². The van der Waals surface area contributed by atoms with Crippen LogP contribution in [0.3, 0.4) is 0 Å². The first-order valence-electron chi connectivity index (χ1n) is 15.3. The number of H-pyrrole nitrogens is 1. The predicted molar refractivity (Wildman–Crippen MR) is 166 cm³/mol. The van der Waals surface area contributed by atoms with Crippen molar-refractivity contribution in [3.8, 4) is 0 Å². The summed E-state index contributed by atoms with van der Waals surface area (Å²) < 4.78 is 5.39. The molecule has 1 saturated carbocycles. The summed E-state index contributed by atoms with van der Waals surface area (Å²) >= 11 is 0. The number of nitrogens with one attached hydrogen (secondary N) is 4. The van der Waals surface area contributed by atoms with Crippen molar-refractivity contribution in [3.63, 3.8) is 0 Å². The van der Waals surface area contributed by atoms with Crippen LogP contribution in [0.15, 0.2) is 67.4 Å². The molecule has 4 unspecified atom stereocenters. The molecule has 3 amide bonds. The third kappa shape index (κ3) is 9.70. The Hall–Kier alpha value is -4.58. The van der Waals surface area contributed by atoms with E-state index in [0.717, 1.165) is 32.1 Å². The molecule has 0 radical (unpaired) electrons. The van der Waals surface area contributed by atoms with E-state index < -0.39 is 53.5 Å². The Morgan fingerprint density at radius 3 is 2.20 bits per heavy atom. The molecule has 4 atom stereocenters. The first-order valence-corrected chi connectivity index (χ1v) is 15.3. The van der Waals surface area contributed by atoms with E-state index in [1.54, 1.807) is 51.1 Å². The summed E-state index contributed by atoms with van der Waals surface area (Å²) in [5, 5.41) is 19.5. The van der Waals surface area contributed by atoms with Gasteiger partial charge in [-0.15, -0.1) is 0 Å². The lowest BCUT2D eigenvalue weighted by atomic mass is 9.82. The Morgan fingerprint density at radius 1 is 0.911 bits per heavy atom. The number of ether oxygens (including phenoxy) is 1. The number of hydrogen-bond acceptors (Lipinski definition) is 8. The lowest BCUT2D eigenvalue weighted by Gasteiger charge is -2.31. The molecule has 45 heavy (non-hydrogen) atoms. The highest BCUT2D eigenvalue weighted by molar-refractivity contribution is 6.00. The molecule has 12 nitrogen and oxygen atoms in total. The van der Waals surface area contributed by atoms with Crippen molar-refractivity contribution in [2.45, 2.75) is 89.1 Å². The molecule has 5 N–H and O–H groups in total. The van der Waals surface area contributed by atoms with Gasteiger partial charge < -0.3 is 30.8 Å². The van der Waals surface area contributed by atoms with Crippen molar-refractivity contribution < 1.29 is 29.0 Å². The standard InChI is InChI=1S/C33H42N6O6/c1-33(2,3)45-32(44)39-26(22-12-8-5-9-13-22)30(42)38-27(25-19-35-20-36-25)31(43)37-24(18-21-10-6-4-7-11-21)29(41)28(40)23-14-16-34-17-15-23/h5,8-9,12-17,19-21,24,26-27,29,41H,4,6-7,10-11,18H2,1-3H3,(H,35,36)(H,37,43)(H,38,42)(H,39,44). The summed E-state index contributed by atoms with van der Waals surface area (Å²) in [5.74, 6) is -1.66. The van der Waals surface area contributed by atoms with Gasteiger partial charge in [-0.1, -0.05) is 62.4 Å². The first kappa shape index (κ1) is 33.3. The number of aromatic amines is 1. The van der Waals surface area contributed by atoms with E-state index >= 15 is 0 Å². The number of carbonyl (C=O) groups is 4. The molecule has 0 bridgehead atoms. The van der Waals surface area contributed by atoms with Crippen LogP contribution in [0.2, 0.25) is 0 Å². The largest absolute Gasteiger partial charge is 0.444 e. The lowest BCUT2D eigenvalue weighted by molar-refractivity contribution is -0.131. The van der Waals surface area contributed by atoms with E-state index in [0.29, 0.717) is 12.0 Å². The molecule has 1 aromatic carbocycles. The van der Waals surface area contributed by atoms with Crippen LogP contribution in [0.4, 0.5) is 4.79 Å². The van der Waals surface area contributed by atoms with E-state index in [1.807, 2.05) is 0 Å². The number of amides is 3. The molecule has 3 aromatic rings. The third-order valence-electron chi connectivity index (χ3n) is 7.69. The van der Waals surface area contributed by atoms with Gasteiger partial charge >= 0.3 is 6.09 Å². The average Bonchev–Trinajstić information content (AvgIpc) is 3.56. The molecule has 1 aliphatic rings. The number of aliphatic hydroxyl groups excluding tert-OH is 1. The van der Waals surface area contributed by atoms with Crippen LogP contribution in [0, 0.1) is 5.92 Å². The van der Waals surface area contributed by atoms with Gasteiger partial charge in [0.1, 0.15) is 23.8 Å². The van der Waals surface area contributed by atoms with E-state index in [2.05, 4.69) is 30.9 Å². The molecule has 0 aliphatic heterocycles. The maximum Gasteiger partial charge on any atom is 0.408 e. The van der Waals surface area contributed by atoms with Gasteiger partial charge in [-0.05, 0) is 50.8 Å². The van der Waals surface area contributed by atoms with E-state index in [4.69, 9.17) is 4.74 Å². The number of ketones is 1. The van der Waals surface area contributed by atoms with Crippen molar-refractivity contribution in [2.24, 2.45) is 5.92 Å². The van der Waals surface area contributed by atoms with Gasteiger partial charge in [-0.3, -0.25) is 19.4 Å². The highest BCUT2D eigenvalue weighted by Crippen LogP contribution is 2.29. The summed E-state index contributed by atoms with van der Waals surface area (Å²) in [5.41, 5.74) is 0.217. The van der Waals surface area contributed by atoms with Crippen molar-refractivity contribution in [3.05, 3.63) is 84.2 Å². The van der Waals surface area contributed by atoms with Crippen LogP contribution in [-0.4, -0.2) is 61.5 Å². The number of benzene rings is 1. The fraction of sp³-hybridized carbons (Fsp3) is 0.455. The minimum absolute atomic E-state index is 0.213. The zero-order valence-corrected chi connectivity index (χ0v) is 25.9. The predicted octanol–water partition coefficient (Wildman–Crippen LogP) is 3.93. The zero-order valence-electron chi connectivity index (χ0n) is 25.9. The maximum atomic E-state index is 13.9. The minimum Gasteiger partial charge on any atom is -0.444 e. The number of hydrogen-bond donors (Lipinski definition) is 5.